The number of amides is 1. The molecule has 142 valence electrons. The number of aliphatic imine (C=N–C) groups is 1. The van der Waals surface area contributed by atoms with Gasteiger partial charge in [-0.25, -0.2) is 13.2 Å². The number of halogens is 3. The second-order valence-corrected chi connectivity index (χ2v) is 6.24. The number of benzene rings is 1. The summed E-state index contributed by atoms with van der Waals surface area (Å²) < 4.78 is 48.6. The highest BCUT2D eigenvalue weighted by Gasteiger charge is 2.54. The highest BCUT2D eigenvalue weighted by Crippen LogP contribution is 2.44. The van der Waals surface area contributed by atoms with Crippen molar-refractivity contribution in [2.24, 2.45) is 10.7 Å². The van der Waals surface area contributed by atoms with E-state index >= 15 is 0 Å². The minimum Gasteiger partial charge on any atom is -0.385 e. The molecule has 1 aliphatic heterocycles. The molecule has 2 aromatic rings. The lowest BCUT2D eigenvalue weighted by molar-refractivity contribution is -0.116. The van der Waals surface area contributed by atoms with Crippen LogP contribution < -0.4 is 11.1 Å². The second-order valence-electron chi connectivity index (χ2n) is 6.24. The van der Waals surface area contributed by atoms with E-state index in [-0.39, 0.29) is 23.8 Å². The zero-order chi connectivity index (χ0) is 19.7. The van der Waals surface area contributed by atoms with Crippen LogP contribution in [-0.2, 0) is 10.3 Å². The first kappa shape index (κ1) is 18.8. The lowest BCUT2D eigenvalue weighted by Crippen LogP contribution is -2.45. The molecule has 1 atom stereocenters. The van der Waals surface area contributed by atoms with Gasteiger partial charge in [-0.2, -0.15) is 0 Å². The molecule has 1 aromatic heterocycles. The van der Waals surface area contributed by atoms with E-state index in [0.29, 0.717) is 0 Å². The number of pyridine rings is 1. The van der Waals surface area contributed by atoms with E-state index in [4.69, 9.17) is 10.5 Å². The molecule has 1 aliphatic rings. The Labute approximate surface area is 153 Å². The number of anilines is 1. The van der Waals surface area contributed by atoms with Gasteiger partial charge in [0.1, 0.15) is 30.6 Å². The van der Waals surface area contributed by atoms with Gasteiger partial charge < -0.3 is 15.8 Å². The van der Waals surface area contributed by atoms with Gasteiger partial charge in [0.15, 0.2) is 5.54 Å². The van der Waals surface area contributed by atoms with E-state index in [0.717, 1.165) is 19.1 Å². The molecule has 1 aromatic carbocycles. The van der Waals surface area contributed by atoms with Gasteiger partial charge in [0.25, 0.3) is 11.8 Å². The molecule has 27 heavy (non-hydrogen) atoms. The average molecular weight is 378 g/mol. The number of carbonyl (C=O) groups excluding carboxylic acids is 1. The van der Waals surface area contributed by atoms with Crippen LogP contribution in [0.4, 0.5) is 18.9 Å². The van der Waals surface area contributed by atoms with Gasteiger partial charge in [-0.1, -0.05) is 6.07 Å². The largest absolute Gasteiger partial charge is 0.385 e. The molecule has 0 spiro atoms. The summed E-state index contributed by atoms with van der Waals surface area (Å²) in [5, 5.41) is 2.51. The molecule has 6 nitrogen and oxygen atoms in total. The second kappa shape index (κ2) is 6.99. The summed E-state index contributed by atoms with van der Waals surface area (Å²) in [5.74, 6) is -5.14. The maximum atomic E-state index is 14.7. The topological polar surface area (TPSA) is 89.6 Å². The van der Waals surface area contributed by atoms with Crippen LogP contribution in [0.25, 0.3) is 0 Å². The summed E-state index contributed by atoms with van der Waals surface area (Å²) in [6, 6.07) is 8.13. The molecule has 0 aliphatic carbocycles. The molecule has 0 bridgehead atoms. The molecule has 0 saturated heterocycles. The lowest BCUT2D eigenvalue weighted by atomic mass is 9.85. The zero-order valence-corrected chi connectivity index (χ0v) is 14.4. The number of nitrogens with zero attached hydrogens (tertiary/aromatic N) is 2. The Kier molecular flexibility index (Phi) is 4.88. The monoisotopic (exact) mass is 378 g/mol. The third-order valence-electron chi connectivity index (χ3n) is 4.26. The van der Waals surface area contributed by atoms with Crippen molar-refractivity contribution in [2.45, 2.75) is 18.4 Å². The van der Waals surface area contributed by atoms with Crippen molar-refractivity contribution in [1.29, 1.82) is 0 Å². The van der Waals surface area contributed by atoms with Gasteiger partial charge in [-0.15, -0.1) is 0 Å². The number of nitrogens with one attached hydrogen (secondary N) is 1. The number of ether oxygens (including phenoxy) is 1. The van der Waals surface area contributed by atoms with Crippen LogP contribution in [0.15, 0.2) is 47.6 Å². The van der Waals surface area contributed by atoms with E-state index < -0.39 is 35.4 Å². The standard InChI is InChI=1S/C18H17F3N4O2/c1-17(18(20,21)10-27-9-15(22)25-17)12-8-11(5-6-13(12)19)24-16(26)14-4-2-3-7-23-14/h2-8H,9-10H2,1H3,(H2,22,25)(H,24,26). The molecule has 1 amide bonds. The van der Waals surface area contributed by atoms with E-state index in [9.17, 15) is 18.0 Å². The minimum absolute atomic E-state index is 0.123. The van der Waals surface area contributed by atoms with E-state index in [1.165, 1.54) is 18.3 Å². The van der Waals surface area contributed by atoms with Gasteiger partial charge >= 0.3 is 0 Å². The summed E-state index contributed by atoms with van der Waals surface area (Å²) in [4.78, 5) is 19.9. The highest BCUT2D eigenvalue weighted by molar-refractivity contribution is 6.02. The molecular weight excluding hydrogens is 361 g/mol. The SMILES string of the molecule is CC1(c2cc(NC(=O)c3ccccn3)ccc2F)N=C(N)COCC1(F)F. The van der Waals surface area contributed by atoms with Crippen molar-refractivity contribution in [3.05, 3.63) is 59.7 Å². The predicted octanol–water partition coefficient (Wildman–Crippen LogP) is 2.71. The summed E-state index contributed by atoms with van der Waals surface area (Å²) in [7, 11) is 0. The fourth-order valence-corrected chi connectivity index (χ4v) is 2.75. The van der Waals surface area contributed by atoms with Crippen LogP contribution >= 0.6 is 0 Å². The zero-order valence-electron chi connectivity index (χ0n) is 14.4. The van der Waals surface area contributed by atoms with Crippen LogP contribution in [0, 0.1) is 5.82 Å². The molecule has 0 radical (unpaired) electrons. The maximum absolute atomic E-state index is 14.7. The smallest absolute Gasteiger partial charge is 0.299 e. The Morgan fingerprint density at radius 2 is 2.07 bits per heavy atom. The van der Waals surface area contributed by atoms with Gasteiger partial charge in [0, 0.05) is 17.4 Å². The normalized spacial score (nSPS) is 21.9. The van der Waals surface area contributed by atoms with Crippen molar-refractivity contribution in [3.63, 3.8) is 0 Å². The molecule has 0 saturated carbocycles. The predicted molar refractivity (Wildman–Crippen MR) is 93.3 cm³/mol. The summed E-state index contributed by atoms with van der Waals surface area (Å²) in [5.41, 5.74) is 3.17. The molecule has 9 heteroatoms. The quantitative estimate of drug-likeness (QED) is 0.859. The molecular formula is C18H17F3N4O2. The van der Waals surface area contributed by atoms with Gasteiger partial charge in [-0.3, -0.25) is 14.8 Å². The van der Waals surface area contributed by atoms with Crippen molar-refractivity contribution >= 4 is 17.4 Å². The number of nitrogens with two attached hydrogens (primary N) is 1. The summed E-state index contributed by atoms with van der Waals surface area (Å²) in [6.45, 7) is -0.155. The van der Waals surface area contributed by atoms with Crippen molar-refractivity contribution < 1.29 is 22.7 Å². The minimum atomic E-state index is -3.52. The first-order valence-corrected chi connectivity index (χ1v) is 8.05. The summed E-state index contributed by atoms with van der Waals surface area (Å²) in [6.07, 6.45) is 1.44. The molecule has 2 heterocycles. The summed E-state index contributed by atoms with van der Waals surface area (Å²) >= 11 is 0. The lowest BCUT2D eigenvalue weighted by Gasteiger charge is -2.33. The Balaban J connectivity index is 2.00. The molecule has 1 unspecified atom stereocenters. The molecule has 3 N–H and O–H groups in total. The highest BCUT2D eigenvalue weighted by atomic mass is 19.3. The average Bonchev–Trinajstić information content (AvgIpc) is 2.73. The Bertz CT molecular complexity index is 889. The van der Waals surface area contributed by atoms with Crippen LogP contribution in [0.5, 0.6) is 0 Å². The Morgan fingerprint density at radius 1 is 1.30 bits per heavy atom. The number of amidine groups is 1. The van der Waals surface area contributed by atoms with E-state index in [2.05, 4.69) is 15.3 Å². The van der Waals surface area contributed by atoms with E-state index in [1.807, 2.05) is 0 Å². The Morgan fingerprint density at radius 3 is 2.78 bits per heavy atom. The first-order chi connectivity index (χ1) is 12.7. The number of hydrogen-bond acceptors (Lipinski definition) is 5. The van der Waals surface area contributed by atoms with Crippen molar-refractivity contribution in [3.8, 4) is 0 Å². The number of hydrogen-bond donors (Lipinski definition) is 2. The number of aromatic nitrogens is 1. The fraction of sp³-hybridized carbons (Fsp3) is 0.278. The van der Waals surface area contributed by atoms with E-state index in [1.54, 1.807) is 12.1 Å². The van der Waals surface area contributed by atoms with Crippen molar-refractivity contribution in [2.75, 3.05) is 18.5 Å². The fourth-order valence-electron chi connectivity index (χ4n) is 2.75. The van der Waals surface area contributed by atoms with Crippen LogP contribution in [-0.4, -0.2) is 35.9 Å². The maximum Gasteiger partial charge on any atom is 0.299 e. The van der Waals surface area contributed by atoms with Crippen LogP contribution in [0.3, 0.4) is 0 Å². The first-order valence-electron chi connectivity index (χ1n) is 8.05. The molecule has 0 fully saturated rings. The third kappa shape index (κ3) is 3.63. The number of carbonyl (C=O) groups is 1. The van der Waals surface area contributed by atoms with Crippen molar-refractivity contribution in [1.82, 2.24) is 4.98 Å². The Hall–Kier alpha value is -2.94. The van der Waals surface area contributed by atoms with Gasteiger partial charge in [0.2, 0.25) is 0 Å². The van der Waals surface area contributed by atoms with Crippen LogP contribution in [0.1, 0.15) is 23.0 Å². The number of rotatable bonds is 3. The third-order valence-corrected chi connectivity index (χ3v) is 4.26. The van der Waals surface area contributed by atoms with Crippen LogP contribution in [0.2, 0.25) is 0 Å². The number of alkyl halides is 2. The molecule has 3 rings (SSSR count). The van der Waals surface area contributed by atoms with Gasteiger partial charge in [-0.05, 0) is 37.3 Å². The van der Waals surface area contributed by atoms with Gasteiger partial charge in [0.05, 0.1) is 0 Å².